The largest absolute Gasteiger partial charge is 0.481 e. The van der Waals surface area contributed by atoms with E-state index in [9.17, 15) is 4.79 Å². The van der Waals surface area contributed by atoms with Crippen LogP contribution < -0.4 is 0 Å². The molecule has 0 fully saturated rings. The third-order valence-electron chi connectivity index (χ3n) is 4.24. The minimum Gasteiger partial charge on any atom is -0.481 e. The van der Waals surface area contributed by atoms with Crippen molar-refractivity contribution in [3.63, 3.8) is 0 Å². The van der Waals surface area contributed by atoms with Gasteiger partial charge in [0.05, 0.1) is 0 Å². The van der Waals surface area contributed by atoms with E-state index in [-0.39, 0.29) is 0 Å². The van der Waals surface area contributed by atoms with Gasteiger partial charge in [-0.25, -0.2) is 0 Å². The maximum atomic E-state index is 10.6. The summed E-state index contributed by atoms with van der Waals surface area (Å²) in [5.41, 5.74) is 3.05. The van der Waals surface area contributed by atoms with Crippen molar-refractivity contribution in [1.29, 1.82) is 0 Å². The summed E-state index contributed by atoms with van der Waals surface area (Å²) >= 11 is 4.10. The van der Waals surface area contributed by atoms with Crippen LogP contribution in [0.25, 0.3) is 0 Å². The number of hydrogen-bond acceptors (Lipinski definition) is 3. The van der Waals surface area contributed by atoms with Crippen LogP contribution in [0.4, 0.5) is 0 Å². The molecule has 2 aliphatic rings. The summed E-state index contributed by atoms with van der Waals surface area (Å²) in [6, 6.07) is 0. The lowest BCUT2D eigenvalue weighted by atomic mass is 10.1. The average Bonchev–Trinajstić information content (AvgIpc) is 3.25. The molecule has 0 heterocycles. The summed E-state index contributed by atoms with van der Waals surface area (Å²) in [5.74, 6) is 2.80. The minimum atomic E-state index is -0.671. The minimum absolute atomic E-state index is 0.308. The average molecular weight is 365 g/mol. The van der Waals surface area contributed by atoms with Gasteiger partial charge >= 0.3 is 5.97 Å². The molecular weight excluding hydrogens is 336 g/mol. The highest BCUT2D eigenvalue weighted by Gasteiger charge is 2.12. The van der Waals surface area contributed by atoms with Crippen LogP contribution in [-0.2, 0) is 4.79 Å². The Morgan fingerprint density at radius 3 is 2.38 bits per heavy atom. The fraction of sp³-hybridized carbons (Fsp3) is 0.550. The van der Waals surface area contributed by atoms with E-state index in [1.807, 2.05) is 11.8 Å². The molecule has 2 rings (SSSR count). The van der Waals surface area contributed by atoms with Crippen LogP contribution in [0.3, 0.4) is 0 Å². The van der Waals surface area contributed by atoms with Gasteiger partial charge in [0.1, 0.15) is 0 Å². The number of rotatable bonds is 13. The van der Waals surface area contributed by atoms with E-state index in [0.29, 0.717) is 11.7 Å². The highest BCUT2D eigenvalue weighted by molar-refractivity contribution is 8.00. The van der Waals surface area contributed by atoms with Crippen molar-refractivity contribution >= 4 is 29.5 Å². The van der Waals surface area contributed by atoms with Crippen molar-refractivity contribution in [2.75, 3.05) is 17.3 Å². The van der Waals surface area contributed by atoms with E-state index in [4.69, 9.17) is 5.11 Å². The van der Waals surface area contributed by atoms with Crippen LogP contribution in [-0.4, -0.2) is 33.6 Å². The zero-order valence-electron chi connectivity index (χ0n) is 14.3. The summed E-state index contributed by atoms with van der Waals surface area (Å²) in [4.78, 5) is 10.6. The Hall–Kier alpha value is -0.870. The van der Waals surface area contributed by atoms with Gasteiger partial charge < -0.3 is 5.11 Å². The van der Waals surface area contributed by atoms with Crippen LogP contribution in [0.5, 0.6) is 0 Å². The molecule has 24 heavy (non-hydrogen) atoms. The summed E-state index contributed by atoms with van der Waals surface area (Å²) in [7, 11) is 0. The van der Waals surface area contributed by atoms with Gasteiger partial charge in [0.15, 0.2) is 0 Å². The molecule has 1 atom stereocenters. The van der Waals surface area contributed by atoms with E-state index >= 15 is 0 Å². The Morgan fingerprint density at radius 1 is 1.04 bits per heavy atom. The molecule has 0 bridgehead atoms. The van der Waals surface area contributed by atoms with Crippen molar-refractivity contribution in [3.05, 3.63) is 47.6 Å². The summed E-state index contributed by atoms with van der Waals surface area (Å²) < 4.78 is 0. The predicted molar refractivity (Wildman–Crippen MR) is 108 cm³/mol. The second-order valence-electron chi connectivity index (χ2n) is 6.33. The lowest BCUT2D eigenvalue weighted by Crippen LogP contribution is -2.07. The summed E-state index contributed by atoms with van der Waals surface area (Å²) in [5, 5.41) is 9.43. The molecule has 0 aromatic carbocycles. The quantitative estimate of drug-likeness (QED) is 0.430. The monoisotopic (exact) mass is 364 g/mol. The third kappa shape index (κ3) is 8.29. The highest BCUT2D eigenvalue weighted by atomic mass is 32.2. The Bertz CT molecular complexity index is 518. The number of aliphatic carboxylic acids is 1. The Balaban J connectivity index is 1.63. The molecule has 0 amide bonds. The molecule has 0 spiro atoms. The first-order valence-electron chi connectivity index (χ1n) is 8.84. The third-order valence-corrected chi connectivity index (χ3v) is 6.82. The first-order valence-corrected chi connectivity index (χ1v) is 11.0. The molecule has 0 radical (unpaired) electrons. The molecule has 0 aromatic heterocycles. The van der Waals surface area contributed by atoms with Crippen molar-refractivity contribution in [2.45, 2.75) is 50.2 Å². The maximum absolute atomic E-state index is 10.6. The van der Waals surface area contributed by atoms with Gasteiger partial charge in [-0.1, -0.05) is 54.0 Å². The van der Waals surface area contributed by atoms with Gasteiger partial charge in [0, 0.05) is 23.2 Å². The number of allylic oxidation sites excluding steroid dienone is 6. The van der Waals surface area contributed by atoms with Crippen LogP contribution in [0.1, 0.15) is 44.9 Å². The van der Waals surface area contributed by atoms with E-state index in [0.717, 1.165) is 43.6 Å². The predicted octanol–water partition coefficient (Wildman–Crippen LogP) is 5.63. The first kappa shape index (κ1) is 19.5. The van der Waals surface area contributed by atoms with Gasteiger partial charge in [-0.3, -0.25) is 4.79 Å². The van der Waals surface area contributed by atoms with Gasteiger partial charge in [0.2, 0.25) is 0 Å². The Morgan fingerprint density at radius 2 is 1.75 bits per heavy atom. The van der Waals surface area contributed by atoms with E-state index in [1.54, 1.807) is 0 Å². The molecule has 0 saturated carbocycles. The van der Waals surface area contributed by atoms with Crippen molar-refractivity contribution in [1.82, 2.24) is 0 Å². The molecule has 2 aliphatic carbocycles. The smallest absolute Gasteiger partial charge is 0.303 e. The fourth-order valence-electron chi connectivity index (χ4n) is 2.80. The number of hydrogen-bond donors (Lipinski definition) is 1. The number of unbranched alkanes of at least 4 members (excludes halogenated alkanes) is 1. The van der Waals surface area contributed by atoms with E-state index in [2.05, 4.69) is 48.2 Å². The molecule has 132 valence electrons. The number of thioether (sulfide) groups is 2. The Kier molecular flexibility index (Phi) is 9.44. The lowest BCUT2D eigenvalue weighted by Gasteiger charge is -2.17. The molecular formula is C20H28O2S2. The van der Waals surface area contributed by atoms with Crippen LogP contribution in [0.15, 0.2) is 47.6 Å². The van der Waals surface area contributed by atoms with Gasteiger partial charge in [-0.15, -0.1) is 0 Å². The number of carboxylic acid groups (broad SMARTS) is 1. The molecule has 1 N–H and O–H groups in total. The normalized spacial score (nSPS) is 17.2. The topological polar surface area (TPSA) is 37.3 Å². The van der Waals surface area contributed by atoms with Gasteiger partial charge in [-0.05, 0) is 37.9 Å². The second-order valence-corrected chi connectivity index (χ2v) is 8.72. The molecule has 1 unspecified atom stereocenters. The standard InChI is InChI=1S/C20H28O2S2/c21-20(22)12-6-5-11-19(24-16-18-9-3-4-10-18)13-14-23-15-17-7-1-2-8-17/h1-4,7,9,19H,5-6,8,10-16H2,(H,21,22). The maximum Gasteiger partial charge on any atom is 0.303 e. The Labute approximate surface area is 154 Å². The second kappa shape index (κ2) is 11.6. The summed E-state index contributed by atoms with van der Waals surface area (Å²) in [6.07, 6.45) is 20.0. The van der Waals surface area contributed by atoms with Gasteiger partial charge in [-0.2, -0.15) is 23.5 Å². The number of carboxylic acids is 1. The molecule has 0 saturated heterocycles. The van der Waals surface area contributed by atoms with Crippen LogP contribution in [0, 0.1) is 0 Å². The molecule has 0 aromatic rings. The van der Waals surface area contributed by atoms with Crippen molar-refractivity contribution in [3.8, 4) is 0 Å². The first-order chi connectivity index (χ1) is 11.7. The molecule has 2 nitrogen and oxygen atoms in total. The molecule has 4 heteroatoms. The fourth-order valence-corrected chi connectivity index (χ4v) is 5.30. The van der Waals surface area contributed by atoms with Gasteiger partial charge in [0.25, 0.3) is 0 Å². The van der Waals surface area contributed by atoms with Crippen molar-refractivity contribution < 1.29 is 9.90 Å². The zero-order chi connectivity index (χ0) is 17.0. The highest BCUT2D eigenvalue weighted by Crippen LogP contribution is 2.28. The lowest BCUT2D eigenvalue weighted by molar-refractivity contribution is -0.137. The molecule has 0 aliphatic heterocycles. The van der Waals surface area contributed by atoms with Crippen molar-refractivity contribution in [2.24, 2.45) is 0 Å². The zero-order valence-corrected chi connectivity index (χ0v) is 15.9. The number of carbonyl (C=O) groups is 1. The van der Waals surface area contributed by atoms with Crippen LogP contribution >= 0.6 is 23.5 Å². The SMILES string of the molecule is O=C(O)CCCCC(CCSCC1=CC=CC1)SCC1=CC=CC1. The summed E-state index contributed by atoms with van der Waals surface area (Å²) in [6.45, 7) is 0. The van der Waals surface area contributed by atoms with Crippen LogP contribution in [0.2, 0.25) is 0 Å². The van der Waals surface area contributed by atoms with E-state index < -0.39 is 5.97 Å². The van der Waals surface area contributed by atoms with E-state index in [1.165, 1.54) is 23.3 Å².